The van der Waals surface area contributed by atoms with E-state index in [0.717, 1.165) is 10.3 Å². The van der Waals surface area contributed by atoms with Gasteiger partial charge in [-0.05, 0) is 17.5 Å². The number of rotatable bonds is 1. The molecular formula is C10H6N2O2S2. The van der Waals surface area contributed by atoms with Crippen LogP contribution < -0.4 is 5.32 Å². The second-order valence-electron chi connectivity index (χ2n) is 3.36. The first-order valence-electron chi connectivity index (χ1n) is 4.60. The van der Waals surface area contributed by atoms with Gasteiger partial charge in [0.1, 0.15) is 5.92 Å². The highest BCUT2D eigenvalue weighted by Gasteiger charge is 2.26. The Morgan fingerprint density at radius 2 is 2.25 bits per heavy atom. The second kappa shape index (κ2) is 3.50. The van der Waals surface area contributed by atoms with Crippen molar-refractivity contribution in [2.75, 3.05) is 0 Å². The lowest BCUT2D eigenvalue weighted by Gasteiger charge is -2.12. The third kappa shape index (κ3) is 1.46. The van der Waals surface area contributed by atoms with Gasteiger partial charge in [0.05, 0.1) is 4.01 Å². The largest absolute Gasteiger partial charge is 0.347 e. The van der Waals surface area contributed by atoms with Gasteiger partial charge >= 0.3 is 6.03 Å². The number of thiophene rings is 2. The first kappa shape index (κ1) is 9.68. The Morgan fingerprint density at radius 1 is 1.38 bits per heavy atom. The van der Waals surface area contributed by atoms with Crippen molar-refractivity contribution >= 4 is 50.2 Å². The molecule has 3 amide bonds. The highest BCUT2D eigenvalue weighted by molar-refractivity contribution is 7.37. The van der Waals surface area contributed by atoms with Crippen LogP contribution in [0.2, 0.25) is 0 Å². The van der Waals surface area contributed by atoms with Gasteiger partial charge in [-0.25, -0.2) is 9.79 Å². The molecule has 1 aliphatic heterocycles. The van der Waals surface area contributed by atoms with E-state index in [1.807, 2.05) is 17.5 Å². The van der Waals surface area contributed by atoms with Crippen LogP contribution in [-0.4, -0.2) is 18.2 Å². The minimum Gasteiger partial charge on any atom is -0.275 e. The van der Waals surface area contributed by atoms with Gasteiger partial charge in [0.15, 0.2) is 0 Å². The highest BCUT2D eigenvalue weighted by Crippen LogP contribution is 2.34. The van der Waals surface area contributed by atoms with Crippen LogP contribution in [0.3, 0.4) is 0 Å². The van der Waals surface area contributed by atoms with Crippen LogP contribution in [0.4, 0.5) is 4.79 Å². The molecule has 80 valence electrons. The molecule has 0 bridgehead atoms. The molecular weight excluding hydrogens is 244 g/mol. The molecule has 4 nitrogen and oxygen atoms in total. The fraction of sp³-hybridized carbons (Fsp3) is 0.100. The number of hydrogen-bond donors (Lipinski definition) is 1. The molecule has 3 rings (SSSR count). The van der Waals surface area contributed by atoms with Crippen LogP contribution >= 0.6 is 22.7 Å². The lowest BCUT2D eigenvalue weighted by molar-refractivity contribution is -0.120. The second-order valence-corrected chi connectivity index (χ2v) is 5.62. The maximum Gasteiger partial charge on any atom is 0.347 e. The number of fused-ring (bicyclic) bond motifs is 1. The molecule has 2 aromatic rings. The lowest BCUT2D eigenvalue weighted by atomic mass is 10.1. The van der Waals surface area contributed by atoms with E-state index in [0.29, 0.717) is 0 Å². The van der Waals surface area contributed by atoms with Crippen LogP contribution in [-0.2, 0) is 4.79 Å². The Hall–Kier alpha value is -1.53. The smallest absolute Gasteiger partial charge is 0.275 e. The summed E-state index contributed by atoms with van der Waals surface area (Å²) in [4.78, 5) is 27.0. The van der Waals surface area contributed by atoms with Crippen LogP contribution in [0.15, 0.2) is 22.5 Å². The number of amides is 3. The van der Waals surface area contributed by atoms with Crippen LogP contribution in [0.5, 0.6) is 0 Å². The van der Waals surface area contributed by atoms with Gasteiger partial charge in [0.25, 0.3) is 0 Å². The van der Waals surface area contributed by atoms with E-state index >= 15 is 0 Å². The van der Waals surface area contributed by atoms with Crippen LogP contribution in [0.1, 0.15) is 10.8 Å². The summed E-state index contributed by atoms with van der Waals surface area (Å²) in [7, 11) is 0. The number of imide groups is 1. The first-order chi connectivity index (χ1) is 7.74. The predicted molar refractivity (Wildman–Crippen MR) is 64.5 cm³/mol. The van der Waals surface area contributed by atoms with E-state index in [2.05, 4.69) is 10.3 Å². The zero-order chi connectivity index (χ0) is 11.1. The lowest BCUT2D eigenvalue weighted by Crippen LogP contribution is -2.37. The summed E-state index contributed by atoms with van der Waals surface area (Å²) >= 11 is 3.22. The first-order valence-corrected chi connectivity index (χ1v) is 6.29. The number of carbonyl (C=O) groups is 2. The van der Waals surface area contributed by atoms with Gasteiger partial charge in [-0.15, -0.1) is 22.7 Å². The Morgan fingerprint density at radius 3 is 3.00 bits per heavy atom. The number of hydrogen-bond acceptors (Lipinski definition) is 4. The Labute approximate surface area is 98.6 Å². The average Bonchev–Trinajstić information content (AvgIpc) is 2.76. The minimum atomic E-state index is -0.584. The van der Waals surface area contributed by atoms with Crippen LogP contribution in [0.25, 0.3) is 9.40 Å². The van der Waals surface area contributed by atoms with Crippen molar-refractivity contribution in [2.45, 2.75) is 5.92 Å². The van der Waals surface area contributed by atoms with Crippen molar-refractivity contribution in [1.29, 1.82) is 0 Å². The van der Waals surface area contributed by atoms with Crippen molar-refractivity contribution in [3.8, 4) is 0 Å². The van der Waals surface area contributed by atoms with E-state index in [9.17, 15) is 9.59 Å². The van der Waals surface area contributed by atoms with Crippen molar-refractivity contribution in [3.05, 3.63) is 22.4 Å². The fourth-order valence-electron chi connectivity index (χ4n) is 1.57. The maximum absolute atomic E-state index is 11.6. The molecule has 1 atom stereocenters. The Balaban J connectivity index is 2.04. The third-order valence-corrected chi connectivity index (χ3v) is 4.62. The number of nitrogens with one attached hydrogen (secondary N) is 1. The maximum atomic E-state index is 11.6. The van der Waals surface area contributed by atoms with E-state index in [1.54, 1.807) is 22.7 Å². The molecule has 1 N–H and O–H groups in total. The summed E-state index contributed by atoms with van der Waals surface area (Å²) in [5.41, 5.74) is 0. The van der Waals surface area contributed by atoms with E-state index < -0.39 is 11.9 Å². The summed E-state index contributed by atoms with van der Waals surface area (Å²) in [6, 6.07) is 3.41. The van der Waals surface area contributed by atoms with Gasteiger partial charge in [0.2, 0.25) is 5.91 Å². The molecule has 6 heteroatoms. The van der Waals surface area contributed by atoms with Gasteiger partial charge in [-0.2, -0.15) is 0 Å². The normalized spacial score (nSPS) is 20.4. The number of aliphatic imine (C=N–C) groups is 1. The summed E-state index contributed by atoms with van der Waals surface area (Å²) in [5.74, 6) is -0.726. The topological polar surface area (TPSA) is 58.5 Å². The Bertz CT molecular complexity index is 583. The molecule has 1 unspecified atom stereocenters. The van der Waals surface area contributed by atoms with Gasteiger partial charge in [0, 0.05) is 16.5 Å². The summed E-state index contributed by atoms with van der Waals surface area (Å²) in [6.45, 7) is 0. The van der Waals surface area contributed by atoms with Crippen molar-refractivity contribution in [1.82, 2.24) is 5.32 Å². The number of urea groups is 1. The molecule has 1 aliphatic rings. The van der Waals surface area contributed by atoms with E-state index in [1.165, 1.54) is 10.2 Å². The van der Waals surface area contributed by atoms with Gasteiger partial charge in [-0.3, -0.25) is 10.1 Å². The molecule has 0 spiro atoms. The zero-order valence-electron chi connectivity index (χ0n) is 7.97. The predicted octanol–water partition coefficient (Wildman–Crippen LogP) is 2.37. The van der Waals surface area contributed by atoms with Gasteiger partial charge in [-0.1, -0.05) is 0 Å². The molecule has 3 heterocycles. The highest BCUT2D eigenvalue weighted by atomic mass is 32.2. The zero-order valence-corrected chi connectivity index (χ0v) is 9.60. The van der Waals surface area contributed by atoms with Crippen molar-refractivity contribution in [3.63, 3.8) is 0 Å². The third-order valence-electron chi connectivity index (χ3n) is 2.33. The molecule has 0 saturated heterocycles. The Kier molecular flexibility index (Phi) is 2.12. The molecule has 0 fully saturated rings. The molecule has 16 heavy (non-hydrogen) atoms. The summed E-state index contributed by atoms with van der Waals surface area (Å²) < 4.78 is 1.19. The van der Waals surface area contributed by atoms with E-state index in [4.69, 9.17) is 0 Å². The van der Waals surface area contributed by atoms with Crippen molar-refractivity contribution in [2.24, 2.45) is 4.99 Å². The average molecular weight is 250 g/mol. The van der Waals surface area contributed by atoms with Gasteiger partial charge < -0.3 is 0 Å². The van der Waals surface area contributed by atoms with Crippen LogP contribution in [0, 0.1) is 0 Å². The molecule has 0 saturated carbocycles. The number of carbonyl (C=O) groups excluding carboxylic acids is 2. The fourth-order valence-corrected chi connectivity index (χ4v) is 3.76. The SMILES string of the molecule is O=C1N=CC(c2cc3ccsc3s2)C(=O)N1. The van der Waals surface area contributed by atoms with E-state index in [-0.39, 0.29) is 5.91 Å². The number of nitrogens with zero attached hydrogens (tertiary/aromatic N) is 1. The molecule has 0 aromatic carbocycles. The standard InChI is InChI=1S/C10H6N2O2S2/c13-8-6(4-11-10(14)12-8)7-3-5-1-2-15-9(5)16-7/h1-4,6H,(H,12,13,14). The molecule has 0 aliphatic carbocycles. The minimum absolute atomic E-state index is 0.297. The summed E-state index contributed by atoms with van der Waals surface area (Å²) in [5, 5.41) is 5.36. The van der Waals surface area contributed by atoms with Crippen molar-refractivity contribution < 1.29 is 9.59 Å². The summed E-state index contributed by atoms with van der Waals surface area (Å²) in [6.07, 6.45) is 1.41. The monoisotopic (exact) mass is 250 g/mol. The molecule has 2 aromatic heterocycles. The quantitative estimate of drug-likeness (QED) is 0.844. The molecule has 0 radical (unpaired) electrons.